The zero-order chi connectivity index (χ0) is 10.6. The number of pyridine rings is 1. The number of hydrogen-bond donors (Lipinski definition) is 1. The second-order valence-electron chi connectivity index (χ2n) is 3.25. The summed E-state index contributed by atoms with van der Waals surface area (Å²) in [5.41, 5.74) is 6.05. The normalized spacial score (nSPS) is 12.0. The number of aromatic nitrogens is 1. The van der Waals surface area contributed by atoms with E-state index in [0.717, 1.165) is 0 Å². The fourth-order valence-electron chi connectivity index (χ4n) is 1.28. The third-order valence-corrected chi connectivity index (χ3v) is 2.11. The van der Waals surface area contributed by atoms with Crippen LogP contribution in [0.25, 0.3) is 0 Å². The molecule has 4 nitrogen and oxygen atoms in total. The van der Waals surface area contributed by atoms with Crippen molar-refractivity contribution in [3.8, 4) is 6.07 Å². The highest BCUT2D eigenvalue weighted by Gasteiger charge is 2.05. The number of nitrogens with zero attached hydrogens (tertiary/aromatic N) is 2. The summed E-state index contributed by atoms with van der Waals surface area (Å²) in [5.74, 6) is 0. The van der Waals surface area contributed by atoms with Gasteiger partial charge in [-0.05, 0) is 19.4 Å². The Kier molecular flexibility index (Phi) is 3.29. The molecule has 0 spiro atoms. The first-order chi connectivity index (χ1) is 6.65. The van der Waals surface area contributed by atoms with Gasteiger partial charge in [0, 0.05) is 30.4 Å². The van der Waals surface area contributed by atoms with E-state index in [1.807, 2.05) is 6.92 Å². The zero-order valence-corrected chi connectivity index (χ0v) is 8.10. The molecule has 4 heteroatoms. The van der Waals surface area contributed by atoms with E-state index in [4.69, 9.17) is 11.0 Å². The number of nitrogen functional groups attached to an aromatic ring is 1. The maximum absolute atomic E-state index is 11.4. The summed E-state index contributed by atoms with van der Waals surface area (Å²) in [6.45, 7) is 1.90. The molecule has 1 unspecified atom stereocenters. The van der Waals surface area contributed by atoms with Gasteiger partial charge in [-0.2, -0.15) is 5.26 Å². The lowest BCUT2D eigenvalue weighted by Crippen LogP contribution is -2.22. The minimum atomic E-state index is -0.0790. The van der Waals surface area contributed by atoms with Gasteiger partial charge in [0.05, 0.1) is 6.07 Å². The van der Waals surface area contributed by atoms with Crippen LogP contribution in [-0.4, -0.2) is 4.57 Å². The van der Waals surface area contributed by atoms with Crippen LogP contribution in [-0.2, 0) is 0 Å². The van der Waals surface area contributed by atoms with E-state index in [0.29, 0.717) is 18.5 Å². The van der Waals surface area contributed by atoms with Crippen molar-refractivity contribution < 1.29 is 0 Å². The summed E-state index contributed by atoms with van der Waals surface area (Å²) < 4.78 is 1.56. The maximum Gasteiger partial charge on any atom is 0.250 e. The quantitative estimate of drug-likeness (QED) is 0.782. The lowest BCUT2D eigenvalue weighted by atomic mass is 10.2. The smallest absolute Gasteiger partial charge is 0.250 e. The van der Waals surface area contributed by atoms with Crippen LogP contribution >= 0.6 is 0 Å². The number of hydrogen-bond acceptors (Lipinski definition) is 3. The summed E-state index contributed by atoms with van der Waals surface area (Å²) in [4.78, 5) is 11.4. The predicted molar refractivity (Wildman–Crippen MR) is 54.7 cm³/mol. The van der Waals surface area contributed by atoms with Crippen LogP contribution in [0.15, 0.2) is 23.1 Å². The Hall–Kier alpha value is -1.76. The molecule has 1 atom stereocenters. The number of anilines is 1. The van der Waals surface area contributed by atoms with Crippen molar-refractivity contribution in [3.63, 3.8) is 0 Å². The molecule has 0 amide bonds. The highest BCUT2D eigenvalue weighted by atomic mass is 16.1. The summed E-state index contributed by atoms with van der Waals surface area (Å²) in [5, 5.41) is 8.42. The molecule has 0 saturated heterocycles. The van der Waals surface area contributed by atoms with E-state index in [2.05, 4.69) is 6.07 Å². The van der Waals surface area contributed by atoms with Gasteiger partial charge in [-0.25, -0.2) is 0 Å². The molecular formula is C10H13N3O. The topological polar surface area (TPSA) is 71.8 Å². The minimum absolute atomic E-state index is 0.0191. The van der Waals surface area contributed by atoms with Gasteiger partial charge >= 0.3 is 0 Å². The summed E-state index contributed by atoms with van der Waals surface area (Å²) >= 11 is 0. The Morgan fingerprint density at radius 1 is 1.64 bits per heavy atom. The molecule has 0 aliphatic rings. The monoisotopic (exact) mass is 191 g/mol. The third kappa shape index (κ3) is 2.36. The van der Waals surface area contributed by atoms with Crippen LogP contribution in [0.1, 0.15) is 25.8 Å². The van der Waals surface area contributed by atoms with Gasteiger partial charge in [0.2, 0.25) is 0 Å². The second-order valence-corrected chi connectivity index (χ2v) is 3.25. The lowest BCUT2D eigenvalue weighted by Gasteiger charge is -2.13. The molecule has 0 radical (unpaired) electrons. The maximum atomic E-state index is 11.4. The average Bonchev–Trinajstić information content (AvgIpc) is 2.18. The molecule has 2 N–H and O–H groups in total. The van der Waals surface area contributed by atoms with Crippen LogP contribution in [0.5, 0.6) is 0 Å². The van der Waals surface area contributed by atoms with Gasteiger partial charge in [-0.3, -0.25) is 4.79 Å². The van der Waals surface area contributed by atoms with Crippen molar-refractivity contribution in [2.24, 2.45) is 0 Å². The molecule has 74 valence electrons. The Bertz CT molecular complexity index is 403. The molecule has 0 aliphatic heterocycles. The van der Waals surface area contributed by atoms with Crippen LogP contribution in [0.3, 0.4) is 0 Å². The van der Waals surface area contributed by atoms with Gasteiger partial charge in [-0.1, -0.05) is 0 Å². The highest BCUT2D eigenvalue weighted by Crippen LogP contribution is 2.11. The molecule has 0 aromatic carbocycles. The van der Waals surface area contributed by atoms with E-state index in [1.165, 1.54) is 6.07 Å². The summed E-state index contributed by atoms with van der Waals surface area (Å²) in [7, 11) is 0. The van der Waals surface area contributed by atoms with Gasteiger partial charge in [0.1, 0.15) is 0 Å². The fourth-order valence-corrected chi connectivity index (χ4v) is 1.28. The Balaban J connectivity index is 2.89. The molecule has 14 heavy (non-hydrogen) atoms. The first-order valence-corrected chi connectivity index (χ1v) is 4.49. The second kappa shape index (κ2) is 4.47. The number of rotatable bonds is 3. The molecular weight excluding hydrogens is 178 g/mol. The molecule has 1 heterocycles. The average molecular weight is 191 g/mol. The zero-order valence-electron chi connectivity index (χ0n) is 8.10. The number of nitrogens with two attached hydrogens (primary N) is 1. The van der Waals surface area contributed by atoms with Crippen molar-refractivity contribution in [1.29, 1.82) is 5.26 Å². The van der Waals surface area contributed by atoms with Gasteiger partial charge in [-0.15, -0.1) is 0 Å². The molecule has 1 aromatic heterocycles. The first-order valence-electron chi connectivity index (χ1n) is 4.49. The third-order valence-electron chi connectivity index (χ3n) is 2.11. The summed E-state index contributed by atoms with van der Waals surface area (Å²) in [6, 6.07) is 5.10. The fraction of sp³-hybridized carbons (Fsp3) is 0.400. The van der Waals surface area contributed by atoms with Crippen LogP contribution in [0.4, 0.5) is 5.69 Å². The SMILES string of the molecule is CC(CCC#N)n1cc(N)ccc1=O. The van der Waals surface area contributed by atoms with E-state index in [1.54, 1.807) is 16.8 Å². The first kappa shape index (κ1) is 10.3. The molecule has 0 aliphatic carbocycles. The van der Waals surface area contributed by atoms with Crippen molar-refractivity contribution in [2.45, 2.75) is 25.8 Å². The Morgan fingerprint density at radius 2 is 2.36 bits per heavy atom. The van der Waals surface area contributed by atoms with Crippen molar-refractivity contribution in [2.75, 3.05) is 5.73 Å². The molecule has 1 aromatic rings. The Morgan fingerprint density at radius 3 is 3.00 bits per heavy atom. The van der Waals surface area contributed by atoms with E-state index < -0.39 is 0 Å². The predicted octanol–water partition coefficient (Wildman–Crippen LogP) is 1.30. The van der Waals surface area contributed by atoms with E-state index in [-0.39, 0.29) is 11.6 Å². The minimum Gasteiger partial charge on any atom is -0.398 e. The Labute approximate surface area is 82.6 Å². The van der Waals surface area contributed by atoms with Gasteiger partial charge in [0.15, 0.2) is 0 Å². The molecule has 0 bridgehead atoms. The molecule has 0 fully saturated rings. The molecule has 0 saturated carbocycles. The van der Waals surface area contributed by atoms with Crippen LogP contribution in [0, 0.1) is 11.3 Å². The van der Waals surface area contributed by atoms with Crippen molar-refractivity contribution >= 4 is 5.69 Å². The van der Waals surface area contributed by atoms with Crippen molar-refractivity contribution in [3.05, 3.63) is 28.7 Å². The van der Waals surface area contributed by atoms with E-state index in [9.17, 15) is 4.79 Å². The standard InChI is InChI=1S/C10H13N3O/c1-8(3-2-6-11)13-7-9(12)4-5-10(13)14/h4-5,7-8H,2-3,12H2,1H3. The number of nitriles is 1. The highest BCUT2D eigenvalue weighted by molar-refractivity contribution is 5.33. The summed E-state index contributed by atoms with van der Waals surface area (Å²) in [6.07, 6.45) is 2.73. The van der Waals surface area contributed by atoms with Gasteiger partial charge < -0.3 is 10.3 Å². The van der Waals surface area contributed by atoms with Gasteiger partial charge in [0.25, 0.3) is 5.56 Å². The lowest BCUT2D eigenvalue weighted by molar-refractivity contribution is 0.499. The van der Waals surface area contributed by atoms with Crippen LogP contribution in [0.2, 0.25) is 0 Å². The molecule has 1 rings (SSSR count). The van der Waals surface area contributed by atoms with Crippen LogP contribution < -0.4 is 11.3 Å². The van der Waals surface area contributed by atoms with E-state index >= 15 is 0 Å². The van der Waals surface area contributed by atoms with Crippen molar-refractivity contribution in [1.82, 2.24) is 4.57 Å². The largest absolute Gasteiger partial charge is 0.398 e.